The lowest BCUT2D eigenvalue weighted by Crippen LogP contribution is -2.35. The van der Waals surface area contributed by atoms with E-state index < -0.39 is 17.8 Å². The molecule has 0 radical (unpaired) electrons. The summed E-state index contributed by atoms with van der Waals surface area (Å²) < 4.78 is 9.99. The van der Waals surface area contributed by atoms with Gasteiger partial charge in [0.1, 0.15) is 6.61 Å². The van der Waals surface area contributed by atoms with E-state index in [1.807, 2.05) is 12.2 Å². The molecule has 0 aromatic carbocycles. The normalized spacial score (nSPS) is 32.6. The molecule has 0 aromatic heterocycles. The zero-order chi connectivity index (χ0) is 13.1. The third kappa shape index (κ3) is 2.27. The van der Waals surface area contributed by atoms with Crippen LogP contribution in [-0.2, 0) is 19.1 Å². The molecule has 2 bridgehead atoms. The van der Waals surface area contributed by atoms with Gasteiger partial charge in [0.25, 0.3) is 0 Å². The van der Waals surface area contributed by atoms with Gasteiger partial charge in [-0.15, -0.1) is 0 Å². The van der Waals surface area contributed by atoms with Crippen LogP contribution in [0.2, 0.25) is 0 Å². The van der Waals surface area contributed by atoms with Crippen molar-refractivity contribution in [3.05, 3.63) is 12.2 Å². The quantitative estimate of drug-likeness (QED) is 0.572. The molecule has 2 aliphatic carbocycles. The fraction of sp³-hybridized carbons (Fsp3) is 0.692. The molecule has 0 unspecified atom stereocenters. The summed E-state index contributed by atoms with van der Waals surface area (Å²) in [6, 6.07) is 0. The monoisotopic (exact) mass is 254 g/mol. The maximum Gasteiger partial charge on any atom is 0.310 e. The molecule has 4 atom stereocenters. The molecule has 0 aromatic rings. The van der Waals surface area contributed by atoms with Crippen LogP contribution < -0.4 is 0 Å². The second-order valence-electron chi connectivity index (χ2n) is 4.64. The number of hydrogen-bond acceptors (Lipinski definition) is 5. The fourth-order valence-corrected chi connectivity index (χ4v) is 2.95. The predicted octanol–water partition coefficient (Wildman–Crippen LogP) is 0.523. The molecule has 1 N–H and O–H groups in total. The van der Waals surface area contributed by atoms with E-state index in [1.54, 1.807) is 6.92 Å². The molecule has 1 fully saturated rings. The van der Waals surface area contributed by atoms with Gasteiger partial charge in [0.2, 0.25) is 0 Å². The summed E-state index contributed by atoms with van der Waals surface area (Å²) in [4.78, 5) is 23.8. The van der Waals surface area contributed by atoms with E-state index in [-0.39, 0.29) is 31.0 Å². The molecule has 0 spiro atoms. The average molecular weight is 254 g/mol. The molecule has 18 heavy (non-hydrogen) atoms. The number of aliphatic hydroxyl groups excluding tert-OH is 1. The SMILES string of the molecule is CCOC(=O)[C@@H]1[C@@H](C(=O)OCCO)[C@@H]2C=C[C@H]1C2. The van der Waals surface area contributed by atoms with Crippen molar-refractivity contribution in [3.8, 4) is 0 Å². The maximum absolute atomic E-state index is 11.9. The number of esters is 2. The van der Waals surface area contributed by atoms with Crippen LogP contribution in [-0.4, -0.2) is 36.9 Å². The van der Waals surface area contributed by atoms with Gasteiger partial charge in [-0.25, -0.2) is 0 Å². The van der Waals surface area contributed by atoms with E-state index in [0.29, 0.717) is 6.61 Å². The Morgan fingerprint density at radius 2 is 1.72 bits per heavy atom. The molecule has 100 valence electrons. The van der Waals surface area contributed by atoms with E-state index in [1.165, 1.54) is 0 Å². The van der Waals surface area contributed by atoms with Gasteiger partial charge in [-0.3, -0.25) is 9.59 Å². The molecule has 0 amide bonds. The van der Waals surface area contributed by atoms with E-state index in [4.69, 9.17) is 14.6 Å². The van der Waals surface area contributed by atoms with Crippen LogP contribution in [0.3, 0.4) is 0 Å². The number of rotatable bonds is 5. The summed E-state index contributed by atoms with van der Waals surface area (Å²) in [5.41, 5.74) is 0. The molecular weight excluding hydrogens is 236 g/mol. The molecule has 5 nitrogen and oxygen atoms in total. The fourth-order valence-electron chi connectivity index (χ4n) is 2.95. The molecule has 2 aliphatic rings. The summed E-state index contributed by atoms with van der Waals surface area (Å²) in [5, 5.41) is 8.67. The predicted molar refractivity (Wildman–Crippen MR) is 62.4 cm³/mol. The number of allylic oxidation sites excluding steroid dienone is 2. The number of fused-ring (bicyclic) bond motifs is 2. The Morgan fingerprint density at radius 3 is 2.22 bits per heavy atom. The first-order valence-electron chi connectivity index (χ1n) is 6.31. The van der Waals surface area contributed by atoms with Gasteiger partial charge in [-0.2, -0.15) is 0 Å². The van der Waals surface area contributed by atoms with Crippen molar-refractivity contribution in [1.82, 2.24) is 0 Å². The summed E-state index contributed by atoms with van der Waals surface area (Å²) in [6.07, 6.45) is 4.77. The Kier molecular flexibility index (Phi) is 4.01. The average Bonchev–Trinajstić information content (AvgIpc) is 2.96. The molecular formula is C13H18O5. The van der Waals surface area contributed by atoms with Crippen LogP contribution in [0, 0.1) is 23.7 Å². The summed E-state index contributed by atoms with van der Waals surface area (Å²) >= 11 is 0. The first-order valence-corrected chi connectivity index (χ1v) is 6.31. The van der Waals surface area contributed by atoms with Crippen molar-refractivity contribution in [3.63, 3.8) is 0 Å². The van der Waals surface area contributed by atoms with Gasteiger partial charge in [0, 0.05) is 0 Å². The van der Waals surface area contributed by atoms with Crippen molar-refractivity contribution < 1.29 is 24.2 Å². The van der Waals surface area contributed by atoms with Crippen molar-refractivity contribution in [2.24, 2.45) is 23.7 Å². The lowest BCUT2D eigenvalue weighted by molar-refractivity contribution is -0.161. The van der Waals surface area contributed by atoms with E-state index in [0.717, 1.165) is 6.42 Å². The van der Waals surface area contributed by atoms with Gasteiger partial charge in [0.15, 0.2) is 0 Å². The topological polar surface area (TPSA) is 72.8 Å². The maximum atomic E-state index is 11.9. The van der Waals surface area contributed by atoms with Crippen molar-refractivity contribution in [1.29, 1.82) is 0 Å². The van der Waals surface area contributed by atoms with Crippen LogP contribution in [0.1, 0.15) is 13.3 Å². The van der Waals surface area contributed by atoms with Crippen LogP contribution in [0.15, 0.2) is 12.2 Å². The second-order valence-corrected chi connectivity index (χ2v) is 4.64. The Morgan fingerprint density at radius 1 is 1.17 bits per heavy atom. The number of ether oxygens (including phenoxy) is 2. The number of carbonyl (C=O) groups excluding carboxylic acids is 2. The minimum absolute atomic E-state index is 0.0218. The number of hydrogen-bond donors (Lipinski definition) is 1. The van der Waals surface area contributed by atoms with E-state index >= 15 is 0 Å². The second kappa shape index (κ2) is 5.52. The first-order chi connectivity index (χ1) is 8.69. The largest absolute Gasteiger partial charge is 0.466 e. The smallest absolute Gasteiger partial charge is 0.310 e. The lowest BCUT2D eigenvalue weighted by atomic mass is 9.83. The Hall–Kier alpha value is -1.36. The van der Waals surface area contributed by atoms with Gasteiger partial charge in [0.05, 0.1) is 25.0 Å². The molecule has 2 rings (SSSR count). The molecule has 0 aliphatic heterocycles. The van der Waals surface area contributed by atoms with Gasteiger partial charge >= 0.3 is 11.9 Å². The van der Waals surface area contributed by atoms with Gasteiger partial charge in [-0.05, 0) is 25.2 Å². The van der Waals surface area contributed by atoms with E-state index in [2.05, 4.69) is 0 Å². The molecule has 0 heterocycles. The highest BCUT2D eigenvalue weighted by Crippen LogP contribution is 2.48. The standard InChI is InChI=1S/C13H18O5/c1-2-17-12(15)10-8-3-4-9(7-8)11(10)13(16)18-6-5-14/h3-4,8-11,14H,2,5-7H2,1H3/t8-,9+,10-,11-/m0/s1. The summed E-state index contributed by atoms with van der Waals surface area (Å²) in [5.74, 6) is -1.45. The van der Waals surface area contributed by atoms with Crippen LogP contribution in [0.4, 0.5) is 0 Å². The van der Waals surface area contributed by atoms with Gasteiger partial charge < -0.3 is 14.6 Å². The highest BCUT2D eigenvalue weighted by molar-refractivity contribution is 5.84. The molecule has 5 heteroatoms. The van der Waals surface area contributed by atoms with Crippen LogP contribution >= 0.6 is 0 Å². The van der Waals surface area contributed by atoms with Crippen molar-refractivity contribution >= 4 is 11.9 Å². The Balaban J connectivity index is 2.09. The first kappa shape index (κ1) is 13.1. The van der Waals surface area contributed by atoms with Crippen molar-refractivity contribution in [2.75, 3.05) is 19.8 Å². The third-order valence-corrected chi connectivity index (χ3v) is 3.63. The molecule has 1 saturated carbocycles. The summed E-state index contributed by atoms with van der Waals surface area (Å²) in [6.45, 7) is 1.84. The zero-order valence-corrected chi connectivity index (χ0v) is 10.4. The van der Waals surface area contributed by atoms with Crippen LogP contribution in [0.5, 0.6) is 0 Å². The third-order valence-electron chi connectivity index (χ3n) is 3.63. The summed E-state index contributed by atoms with van der Waals surface area (Å²) in [7, 11) is 0. The zero-order valence-electron chi connectivity index (χ0n) is 10.4. The highest BCUT2D eigenvalue weighted by Gasteiger charge is 2.52. The van der Waals surface area contributed by atoms with E-state index in [9.17, 15) is 9.59 Å². The lowest BCUT2D eigenvalue weighted by Gasteiger charge is -2.24. The minimum atomic E-state index is -0.453. The van der Waals surface area contributed by atoms with Gasteiger partial charge in [-0.1, -0.05) is 12.2 Å². The Bertz CT molecular complexity index is 362. The number of carbonyl (C=O) groups is 2. The Labute approximate surface area is 106 Å². The number of aliphatic hydroxyl groups is 1. The highest BCUT2D eigenvalue weighted by atomic mass is 16.5. The van der Waals surface area contributed by atoms with Crippen LogP contribution in [0.25, 0.3) is 0 Å². The van der Waals surface area contributed by atoms with Crippen molar-refractivity contribution in [2.45, 2.75) is 13.3 Å². The minimum Gasteiger partial charge on any atom is -0.466 e. The molecule has 0 saturated heterocycles.